The third-order valence-corrected chi connectivity index (χ3v) is 5.27. The molecule has 6 heteroatoms. The number of carbonyl (C=O) groups is 1. The SMILES string of the molecule is Cc1cc(C)c(S(=O)(=O)Nc2ccc(C(=O)OC(C)C)cc2)c(C)c1. The minimum absolute atomic E-state index is 0.210. The van der Waals surface area contributed by atoms with Gasteiger partial charge in [-0.05, 0) is 70.0 Å². The summed E-state index contributed by atoms with van der Waals surface area (Å²) in [6.07, 6.45) is -0.210. The molecule has 0 unspecified atom stereocenters. The van der Waals surface area contributed by atoms with Crippen LogP contribution in [0.2, 0.25) is 0 Å². The lowest BCUT2D eigenvalue weighted by Crippen LogP contribution is -2.16. The first kappa shape index (κ1) is 19.0. The molecule has 25 heavy (non-hydrogen) atoms. The van der Waals surface area contributed by atoms with Crippen LogP contribution in [0, 0.1) is 20.8 Å². The molecule has 0 saturated heterocycles. The number of rotatable bonds is 5. The van der Waals surface area contributed by atoms with Gasteiger partial charge in [0.05, 0.1) is 16.6 Å². The van der Waals surface area contributed by atoms with Gasteiger partial charge in [-0.3, -0.25) is 4.72 Å². The van der Waals surface area contributed by atoms with Crippen molar-refractivity contribution in [2.24, 2.45) is 0 Å². The van der Waals surface area contributed by atoms with E-state index in [0.29, 0.717) is 22.4 Å². The van der Waals surface area contributed by atoms with Crippen molar-refractivity contribution in [3.05, 3.63) is 58.7 Å². The van der Waals surface area contributed by atoms with Gasteiger partial charge in [-0.25, -0.2) is 13.2 Å². The van der Waals surface area contributed by atoms with Crippen LogP contribution in [0.3, 0.4) is 0 Å². The van der Waals surface area contributed by atoms with E-state index in [1.165, 1.54) is 12.1 Å². The normalized spacial score (nSPS) is 11.4. The molecular weight excluding hydrogens is 338 g/mol. The number of ether oxygens (including phenoxy) is 1. The van der Waals surface area contributed by atoms with Gasteiger partial charge in [0.25, 0.3) is 10.0 Å². The summed E-state index contributed by atoms with van der Waals surface area (Å²) in [6.45, 7) is 9.03. The van der Waals surface area contributed by atoms with E-state index in [-0.39, 0.29) is 11.0 Å². The van der Waals surface area contributed by atoms with E-state index >= 15 is 0 Å². The van der Waals surface area contributed by atoms with E-state index in [4.69, 9.17) is 4.74 Å². The molecule has 2 aromatic carbocycles. The van der Waals surface area contributed by atoms with Gasteiger partial charge in [-0.2, -0.15) is 0 Å². The second-order valence-corrected chi connectivity index (χ2v) is 7.98. The van der Waals surface area contributed by atoms with Crippen molar-refractivity contribution < 1.29 is 17.9 Å². The lowest BCUT2D eigenvalue weighted by molar-refractivity contribution is 0.0378. The van der Waals surface area contributed by atoms with Crippen molar-refractivity contribution in [3.63, 3.8) is 0 Å². The highest BCUT2D eigenvalue weighted by atomic mass is 32.2. The summed E-state index contributed by atoms with van der Waals surface area (Å²) < 4.78 is 33.1. The quantitative estimate of drug-likeness (QED) is 0.818. The van der Waals surface area contributed by atoms with Crippen molar-refractivity contribution in [1.29, 1.82) is 0 Å². The number of hydrogen-bond donors (Lipinski definition) is 1. The second kappa shape index (κ2) is 7.27. The Kier molecular flexibility index (Phi) is 5.52. The molecule has 0 fully saturated rings. The van der Waals surface area contributed by atoms with Crippen LogP contribution < -0.4 is 4.72 Å². The van der Waals surface area contributed by atoms with Crippen LogP contribution in [0.4, 0.5) is 5.69 Å². The molecule has 0 aliphatic carbocycles. The maximum absolute atomic E-state index is 12.7. The predicted octanol–water partition coefficient (Wildman–Crippen LogP) is 3.98. The number of sulfonamides is 1. The van der Waals surface area contributed by atoms with Gasteiger partial charge in [-0.1, -0.05) is 17.7 Å². The maximum Gasteiger partial charge on any atom is 0.338 e. The number of benzene rings is 2. The molecule has 0 saturated carbocycles. The monoisotopic (exact) mass is 361 g/mol. The van der Waals surface area contributed by atoms with Crippen LogP contribution in [0.5, 0.6) is 0 Å². The van der Waals surface area contributed by atoms with Crippen molar-refractivity contribution in [2.45, 2.75) is 45.6 Å². The van der Waals surface area contributed by atoms with Crippen molar-refractivity contribution in [2.75, 3.05) is 4.72 Å². The molecule has 0 heterocycles. The van der Waals surface area contributed by atoms with Gasteiger partial charge in [0.1, 0.15) is 0 Å². The minimum atomic E-state index is -3.71. The standard InChI is InChI=1S/C19H23NO4S/c1-12(2)24-19(21)16-6-8-17(9-7-16)20-25(22,23)18-14(4)10-13(3)11-15(18)5/h6-12,20H,1-5H3. The molecule has 1 N–H and O–H groups in total. The Morgan fingerprint density at radius 2 is 1.52 bits per heavy atom. The maximum atomic E-state index is 12.7. The van der Waals surface area contributed by atoms with Gasteiger partial charge in [-0.15, -0.1) is 0 Å². The fraction of sp³-hybridized carbons (Fsp3) is 0.316. The molecule has 2 rings (SSSR count). The van der Waals surface area contributed by atoms with Crippen molar-refractivity contribution >= 4 is 21.7 Å². The zero-order chi connectivity index (χ0) is 18.8. The van der Waals surface area contributed by atoms with Crippen LogP contribution >= 0.6 is 0 Å². The Labute approximate surface area is 149 Å². The van der Waals surface area contributed by atoms with Crippen molar-refractivity contribution in [3.8, 4) is 0 Å². The summed E-state index contributed by atoms with van der Waals surface area (Å²) in [5.74, 6) is -0.436. The highest BCUT2D eigenvalue weighted by Gasteiger charge is 2.20. The van der Waals surface area contributed by atoms with E-state index in [1.807, 2.05) is 19.1 Å². The Morgan fingerprint density at radius 3 is 2.00 bits per heavy atom. The molecule has 0 aliphatic rings. The topological polar surface area (TPSA) is 72.5 Å². The first-order valence-electron chi connectivity index (χ1n) is 8.02. The molecule has 0 radical (unpaired) electrons. The number of carbonyl (C=O) groups excluding carboxylic acids is 1. The lowest BCUT2D eigenvalue weighted by Gasteiger charge is -2.14. The third kappa shape index (κ3) is 4.60. The molecule has 0 amide bonds. The summed E-state index contributed by atoms with van der Waals surface area (Å²) in [7, 11) is -3.71. The minimum Gasteiger partial charge on any atom is -0.459 e. The van der Waals surface area contributed by atoms with E-state index in [0.717, 1.165) is 5.56 Å². The zero-order valence-electron chi connectivity index (χ0n) is 15.1. The summed E-state index contributed by atoms with van der Waals surface area (Å²) in [5, 5.41) is 0. The number of esters is 1. The smallest absolute Gasteiger partial charge is 0.338 e. The average Bonchev–Trinajstić information content (AvgIpc) is 2.45. The Morgan fingerprint density at radius 1 is 1.00 bits per heavy atom. The Hall–Kier alpha value is -2.34. The average molecular weight is 361 g/mol. The van der Waals surface area contributed by atoms with Gasteiger partial charge < -0.3 is 4.74 Å². The van der Waals surface area contributed by atoms with Crippen molar-refractivity contribution in [1.82, 2.24) is 0 Å². The fourth-order valence-electron chi connectivity index (χ4n) is 2.75. The van der Waals surface area contributed by atoms with Gasteiger partial charge in [0.15, 0.2) is 0 Å². The van der Waals surface area contributed by atoms with Crippen LogP contribution in [0.25, 0.3) is 0 Å². The largest absolute Gasteiger partial charge is 0.459 e. The van der Waals surface area contributed by atoms with Gasteiger partial charge >= 0.3 is 5.97 Å². The van der Waals surface area contributed by atoms with E-state index in [2.05, 4.69) is 4.72 Å². The van der Waals surface area contributed by atoms with Crippen LogP contribution in [0.1, 0.15) is 40.9 Å². The third-order valence-electron chi connectivity index (χ3n) is 3.59. The molecule has 2 aromatic rings. The Balaban J connectivity index is 2.26. The first-order valence-corrected chi connectivity index (χ1v) is 9.50. The molecular formula is C19H23NO4S. The number of nitrogens with one attached hydrogen (secondary N) is 1. The number of hydrogen-bond acceptors (Lipinski definition) is 4. The summed E-state index contributed by atoms with van der Waals surface area (Å²) in [6, 6.07) is 9.86. The van der Waals surface area contributed by atoms with Crippen LogP contribution in [-0.2, 0) is 14.8 Å². The number of anilines is 1. The molecule has 0 atom stereocenters. The van der Waals surface area contributed by atoms with E-state index < -0.39 is 16.0 Å². The number of aryl methyl sites for hydroxylation is 3. The Bertz CT molecular complexity index is 861. The first-order chi connectivity index (χ1) is 11.6. The molecule has 134 valence electrons. The fourth-order valence-corrected chi connectivity index (χ4v) is 4.27. The van der Waals surface area contributed by atoms with Crippen LogP contribution in [0.15, 0.2) is 41.3 Å². The molecule has 5 nitrogen and oxygen atoms in total. The van der Waals surface area contributed by atoms with Gasteiger partial charge in [0.2, 0.25) is 0 Å². The summed E-state index contributed by atoms with van der Waals surface area (Å²) >= 11 is 0. The van der Waals surface area contributed by atoms with Crippen LogP contribution in [-0.4, -0.2) is 20.5 Å². The molecule has 0 aliphatic heterocycles. The van der Waals surface area contributed by atoms with E-state index in [1.54, 1.807) is 39.8 Å². The second-order valence-electron chi connectivity index (χ2n) is 6.36. The summed E-state index contributed by atoms with van der Waals surface area (Å²) in [5.41, 5.74) is 3.17. The highest BCUT2D eigenvalue weighted by Crippen LogP contribution is 2.24. The van der Waals surface area contributed by atoms with Gasteiger partial charge in [0, 0.05) is 5.69 Å². The highest BCUT2D eigenvalue weighted by molar-refractivity contribution is 7.92. The van der Waals surface area contributed by atoms with E-state index in [9.17, 15) is 13.2 Å². The predicted molar refractivity (Wildman–Crippen MR) is 98.5 cm³/mol. The molecule has 0 bridgehead atoms. The zero-order valence-corrected chi connectivity index (χ0v) is 15.9. The molecule has 0 aromatic heterocycles. The summed E-state index contributed by atoms with van der Waals surface area (Å²) in [4.78, 5) is 12.1. The molecule has 0 spiro atoms. The lowest BCUT2D eigenvalue weighted by atomic mass is 10.1.